The second kappa shape index (κ2) is 6.10. The van der Waals surface area contributed by atoms with E-state index in [1.807, 2.05) is 18.2 Å². The van der Waals surface area contributed by atoms with E-state index in [1.54, 1.807) is 7.11 Å². The van der Waals surface area contributed by atoms with E-state index >= 15 is 0 Å². The van der Waals surface area contributed by atoms with Crippen LogP contribution in [0.5, 0.6) is 5.75 Å². The molecule has 1 aliphatic heterocycles. The van der Waals surface area contributed by atoms with Crippen molar-refractivity contribution in [3.05, 3.63) is 23.2 Å². The Kier molecular flexibility index (Phi) is 4.48. The number of anilines is 1. The second-order valence-corrected chi connectivity index (χ2v) is 4.17. The molecule has 0 unspecified atom stereocenters. The maximum Gasteiger partial charge on any atom is 0.188 e. The zero-order chi connectivity index (χ0) is 12.1. The highest BCUT2D eigenvalue weighted by atomic mass is 35.5. The predicted molar refractivity (Wildman–Crippen MR) is 67.0 cm³/mol. The highest BCUT2D eigenvalue weighted by Gasteiger charge is 2.12. The zero-order valence-electron chi connectivity index (χ0n) is 9.82. The van der Waals surface area contributed by atoms with Crippen LogP contribution in [0.1, 0.15) is 0 Å². The van der Waals surface area contributed by atoms with Gasteiger partial charge >= 0.3 is 0 Å². The molecular weight excluding hydrogens is 242 g/mol. The van der Waals surface area contributed by atoms with E-state index in [1.165, 1.54) is 0 Å². The van der Waals surface area contributed by atoms with Gasteiger partial charge in [-0.25, -0.2) is 0 Å². The summed E-state index contributed by atoms with van der Waals surface area (Å²) in [5.74, 6) is 0.644. The molecule has 0 amide bonds. The average Bonchev–Trinajstić information content (AvgIpc) is 2.38. The molecule has 1 aromatic carbocycles. The predicted octanol–water partition coefficient (Wildman–Crippen LogP) is 2.16. The Morgan fingerprint density at radius 2 is 2.12 bits per heavy atom. The van der Waals surface area contributed by atoms with E-state index in [2.05, 4.69) is 4.90 Å². The van der Waals surface area contributed by atoms with Crippen LogP contribution >= 0.6 is 11.6 Å². The molecular formula is C12H16ClNO3. The average molecular weight is 258 g/mol. The summed E-state index contributed by atoms with van der Waals surface area (Å²) in [7, 11) is 1.58. The van der Waals surface area contributed by atoms with Gasteiger partial charge in [-0.1, -0.05) is 11.6 Å². The Balaban J connectivity index is 2.06. The molecule has 0 aromatic heterocycles. The summed E-state index contributed by atoms with van der Waals surface area (Å²) in [5, 5.41) is 0.603. The third-order valence-corrected chi connectivity index (χ3v) is 2.92. The molecule has 17 heavy (non-hydrogen) atoms. The van der Waals surface area contributed by atoms with Crippen LogP contribution in [0.3, 0.4) is 0 Å². The number of methoxy groups -OCH3 is 1. The van der Waals surface area contributed by atoms with Crippen molar-refractivity contribution >= 4 is 17.3 Å². The monoisotopic (exact) mass is 257 g/mol. The molecule has 0 bridgehead atoms. The smallest absolute Gasteiger partial charge is 0.188 e. The van der Waals surface area contributed by atoms with Crippen molar-refractivity contribution in [2.45, 2.75) is 0 Å². The van der Waals surface area contributed by atoms with Gasteiger partial charge in [0.25, 0.3) is 0 Å². The molecule has 0 atom stereocenters. The van der Waals surface area contributed by atoms with Gasteiger partial charge in [0, 0.05) is 25.9 Å². The van der Waals surface area contributed by atoms with Crippen LogP contribution in [0.25, 0.3) is 0 Å². The lowest BCUT2D eigenvalue weighted by Crippen LogP contribution is -2.36. The van der Waals surface area contributed by atoms with Gasteiger partial charge < -0.3 is 19.1 Å². The zero-order valence-corrected chi connectivity index (χ0v) is 10.6. The first-order valence-electron chi connectivity index (χ1n) is 5.55. The van der Waals surface area contributed by atoms with Gasteiger partial charge in [-0.2, -0.15) is 0 Å². The number of morpholine rings is 1. The van der Waals surface area contributed by atoms with Gasteiger partial charge in [0.2, 0.25) is 0 Å². The van der Waals surface area contributed by atoms with Crippen molar-refractivity contribution in [2.75, 3.05) is 45.1 Å². The van der Waals surface area contributed by atoms with Crippen LogP contribution in [-0.2, 0) is 9.47 Å². The van der Waals surface area contributed by atoms with E-state index in [0.717, 1.165) is 32.0 Å². The van der Waals surface area contributed by atoms with Crippen LogP contribution in [-0.4, -0.2) is 40.2 Å². The molecule has 4 nitrogen and oxygen atoms in total. The van der Waals surface area contributed by atoms with Crippen LogP contribution in [0.2, 0.25) is 5.02 Å². The fourth-order valence-electron chi connectivity index (χ4n) is 1.75. The number of halogens is 1. The number of hydrogen-bond acceptors (Lipinski definition) is 4. The summed E-state index contributed by atoms with van der Waals surface area (Å²) in [6.07, 6.45) is 0. The van der Waals surface area contributed by atoms with E-state index < -0.39 is 0 Å². The minimum Gasteiger partial charge on any atom is -0.466 e. The summed E-state index contributed by atoms with van der Waals surface area (Å²) in [6.45, 7) is 3.53. The molecule has 1 fully saturated rings. The van der Waals surface area contributed by atoms with Crippen LogP contribution in [0, 0.1) is 0 Å². The topological polar surface area (TPSA) is 30.9 Å². The fourth-order valence-corrected chi connectivity index (χ4v) is 1.98. The highest BCUT2D eigenvalue weighted by Crippen LogP contribution is 2.29. The van der Waals surface area contributed by atoms with Crippen molar-refractivity contribution < 1.29 is 14.2 Å². The molecule has 1 heterocycles. The Labute approximate surface area is 106 Å². The van der Waals surface area contributed by atoms with E-state index in [4.69, 9.17) is 25.8 Å². The Morgan fingerprint density at radius 1 is 1.35 bits per heavy atom. The fraction of sp³-hybridized carbons (Fsp3) is 0.500. The molecule has 0 saturated carbocycles. The lowest BCUT2D eigenvalue weighted by Gasteiger charge is -2.29. The van der Waals surface area contributed by atoms with Crippen LogP contribution < -0.4 is 9.64 Å². The Hall–Kier alpha value is -0.970. The standard InChI is InChI=1S/C12H16ClNO3/c1-15-9-17-12-3-2-10(8-11(12)13)14-4-6-16-7-5-14/h2-3,8H,4-7,9H2,1H3. The molecule has 94 valence electrons. The first kappa shape index (κ1) is 12.5. The molecule has 2 rings (SSSR count). The van der Waals surface area contributed by atoms with Gasteiger partial charge in [0.05, 0.1) is 18.2 Å². The SMILES string of the molecule is COCOc1ccc(N2CCOCC2)cc1Cl. The van der Waals surface area contributed by atoms with Gasteiger partial charge in [-0.05, 0) is 18.2 Å². The molecule has 5 heteroatoms. The number of hydrogen-bond donors (Lipinski definition) is 0. The van der Waals surface area contributed by atoms with Crippen molar-refractivity contribution in [1.29, 1.82) is 0 Å². The normalized spacial score (nSPS) is 16.0. The maximum atomic E-state index is 6.15. The molecule has 0 aliphatic carbocycles. The van der Waals surface area contributed by atoms with Crippen molar-refractivity contribution in [3.63, 3.8) is 0 Å². The van der Waals surface area contributed by atoms with Crippen molar-refractivity contribution in [2.24, 2.45) is 0 Å². The number of nitrogens with zero attached hydrogens (tertiary/aromatic N) is 1. The molecule has 0 spiro atoms. The summed E-state index contributed by atoms with van der Waals surface area (Å²) in [5.41, 5.74) is 1.10. The van der Waals surface area contributed by atoms with Crippen molar-refractivity contribution in [3.8, 4) is 5.75 Å². The lowest BCUT2D eigenvalue weighted by atomic mass is 10.2. The first-order chi connectivity index (χ1) is 8.31. The first-order valence-corrected chi connectivity index (χ1v) is 5.93. The maximum absolute atomic E-state index is 6.15. The van der Waals surface area contributed by atoms with Gasteiger partial charge in [-0.3, -0.25) is 0 Å². The van der Waals surface area contributed by atoms with Gasteiger partial charge in [-0.15, -0.1) is 0 Å². The summed E-state index contributed by atoms with van der Waals surface area (Å²) >= 11 is 6.15. The summed E-state index contributed by atoms with van der Waals surface area (Å²) in [6, 6.07) is 5.78. The minimum atomic E-state index is 0.205. The van der Waals surface area contributed by atoms with E-state index in [9.17, 15) is 0 Å². The third-order valence-electron chi connectivity index (χ3n) is 2.62. The summed E-state index contributed by atoms with van der Waals surface area (Å²) in [4.78, 5) is 2.25. The Bertz CT molecular complexity index is 367. The highest BCUT2D eigenvalue weighted by molar-refractivity contribution is 6.32. The van der Waals surface area contributed by atoms with Gasteiger partial charge in [0.1, 0.15) is 5.75 Å². The second-order valence-electron chi connectivity index (χ2n) is 3.77. The van der Waals surface area contributed by atoms with Crippen molar-refractivity contribution in [1.82, 2.24) is 0 Å². The van der Waals surface area contributed by atoms with E-state index in [0.29, 0.717) is 10.8 Å². The number of benzene rings is 1. The Morgan fingerprint density at radius 3 is 2.76 bits per heavy atom. The molecule has 0 N–H and O–H groups in total. The number of rotatable bonds is 4. The lowest BCUT2D eigenvalue weighted by molar-refractivity contribution is 0.0512. The van der Waals surface area contributed by atoms with E-state index in [-0.39, 0.29) is 6.79 Å². The largest absolute Gasteiger partial charge is 0.466 e. The minimum absolute atomic E-state index is 0.205. The molecule has 0 radical (unpaired) electrons. The molecule has 1 aliphatic rings. The van der Waals surface area contributed by atoms with Crippen LogP contribution in [0.4, 0.5) is 5.69 Å². The molecule has 1 aromatic rings. The third kappa shape index (κ3) is 3.25. The summed E-state index contributed by atoms with van der Waals surface area (Å²) < 4.78 is 15.5. The van der Waals surface area contributed by atoms with Gasteiger partial charge in [0.15, 0.2) is 6.79 Å². The molecule has 1 saturated heterocycles. The van der Waals surface area contributed by atoms with Crippen LogP contribution in [0.15, 0.2) is 18.2 Å². The quantitative estimate of drug-likeness (QED) is 0.774. The number of ether oxygens (including phenoxy) is 3.